The van der Waals surface area contributed by atoms with Gasteiger partial charge in [0, 0.05) is 18.0 Å². The van der Waals surface area contributed by atoms with E-state index in [9.17, 15) is 14.9 Å². The number of rotatable bonds is 3. The van der Waals surface area contributed by atoms with Gasteiger partial charge in [0.05, 0.1) is 20.7 Å². The molecule has 25 heavy (non-hydrogen) atoms. The largest absolute Gasteiger partial charge is 0.320 e. The van der Waals surface area contributed by atoms with E-state index in [2.05, 4.69) is 10.3 Å². The van der Waals surface area contributed by atoms with Gasteiger partial charge in [-0.05, 0) is 25.1 Å². The second-order valence-corrected chi connectivity index (χ2v) is 6.37. The summed E-state index contributed by atoms with van der Waals surface area (Å²) in [5, 5.41) is 14.2. The van der Waals surface area contributed by atoms with Gasteiger partial charge in [-0.15, -0.1) is 0 Å². The molecule has 0 aliphatic carbocycles. The Hall–Kier alpha value is -2.35. The molecular weight excluding hydrogens is 391 g/mol. The monoisotopic (exact) mass is 398 g/mol. The molecule has 3 rings (SSSR count). The summed E-state index contributed by atoms with van der Waals surface area (Å²) in [6, 6.07) is 5.50. The van der Waals surface area contributed by atoms with Crippen LogP contribution in [0.4, 0.5) is 11.4 Å². The van der Waals surface area contributed by atoms with E-state index in [0.717, 1.165) is 0 Å². The third-order valence-electron chi connectivity index (χ3n) is 3.43. The highest BCUT2D eigenvalue weighted by Crippen LogP contribution is 2.28. The number of benzene rings is 1. The molecule has 7 nitrogen and oxygen atoms in total. The van der Waals surface area contributed by atoms with E-state index in [1.165, 1.54) is 34.9 Å². The second kappa shape index (κ2) is 6.51. The van der Waals surface area contributed by atoms with Gasteiger partial charge in [0.25, 0.3) is 11.6 Å². The Kier molecular flexibility index (Phi) is 4.55. The standard InChI is InChI=1S/C15H9Cl3N4O3/c1-7-13(21-6-8(16)4-11(18)14(21)19-7)15(23)20-9-2-3-10(17)12(5-9)22(24)25/h2-6H,1H3,(H,20,23). The van der Waals surface area contributed by atoms with E-state index in [4.69, 9.17) is 34.8 Å². The number of carbonyl (C=O) groups excluding carboxylic acids is 1. The van der Waals surface area contributed by atoms with E-state index in [1.807, 2.05) is 0 Å². The van der Waals surface area contributed by atoms with Crippen molar-refractivity contribution >= 4 is 57.7 Å². The Bertz CT molecular complexity index is 1030. The number of amides is 1. The number of nitro benzene ring substituents is 1. The van der Waals surface area contributed by atoms with Crippen molar-refractivity contribution < 1.29 is 9.72 Å². The molecule has 1 N–H and O–H groups in total. The molecule has 1 aromatic carbocycles. The Morgan fingerprint density at radius 3 is 2.64 bits per heavy atom. The van der Waals surface area contributed by atoms with Gasteiger partial charge in [0.2, 0.25) is 0 Å². The second-order valence-electron chi connectivity index (χ2n) is 5.12. The number of nitrogens with one attached hydrogen (secondary N) is 1. The van der Waals surface area contributed by atoms with Crippen molar-refractivity contribution in [2.24, 2.45) is 0 Å². The number of fused-ring (bicyclic) bond motifs is 1. The summed E-state index contributed by atoms with van der Waals surface area (Å²) in [6.45, 7) is 1.65. The third kappa shape index (κ3) is 3.26. The zero-order valence-electron chi connectivity index (χ0n) is 12.6. The molecule has 1 amide bonds. The molecule has 0 aliphatic heterocycles. The number of aryl methyl sites for hydroxylation is 1. The van der Waals surface area contributed by atoms with Crippen LogP contribution in [-0.4, -0.2) is 20.2 Å². The fraction of sp³-hybridized carbons (Fsp3) is 0.0667. The van der Waals surface area contributed by atoms with Crippen molar-refractivity contribution in [3.05, 3.63) is 67.0 Å². The van der Waals surface area contributed by atoms with Crippen LogP contribution < -0.4 is 5.32 Å². The molecule has 0 bridgehead atoms. The number of pyridine rings is 1. The molecular formula is C15H9Cl3N4O3. The van der Waals surface area contributed by atoms with Gasteiger partial charge in [0.15, 0.2) is 5.65 Å². The quantitative estimate of drug-likeness (QED) is 0.508. The van der Waals surface area contributed by atoms with Crippen molar-refractivity contribution in [1.29, 1.82) is 0 Å². The minimum absolute atomic E-state index is 0.0208. The SMILES string of the molecule is Cc1nc2c(Cl)cc(Cl)cn2c1C(=O)Nc1ccc(Cl)c([N+](=O)[O-])c1. The zero-order chi connectivity index (χ0) is 18.3. The summed E-state index contributed by atoms with van der Waals surface area (Å²) in [5.74, 6) is -0.514. The molecule has 10 heteroatoms. The summed E-state index contributed by atoms with van der Waals surface area (Å²) in [5.41, 5.74) is 0.960. The molecule has 2 heterocycles. The molecule has 0 saturated heterocycles. The molecule has 0 fully saturated rings. The normalized spacial score (nSPS) is 10.9. The van der Waals surface area contributed by atoms with E-state index < -0.39 is 10.8 Å². The van der Waals surface area contributed by atoms with E-state index in [1.54, 1.807) is 6.92 Å². The van der Waals surface area contributed by atoms with Crippen molar-refractivity contribution in [2.45, 2.75) is 6.92 Å². The van der Waals surface area contributed by atoms with E-state index >= 15 is 0 Å². The van der Waals surface area contributed by atoms with Crippen LogP contribution in [0.2, 0.25) is 15.1 Å². The van der Waals surface area contributed by atoms with Crippen LogP contribution in [0.25, 0.3) is 5.65 Å². The number of nitro groups is 1. The number of nitrogens with zero attached hydrogens (tertiary/aromatic N) is 3. The van der Waals surface area contributed by atoms with Gasteiger partial charge >= 0.3 is 0 Å². The number of anilines is 1. The van der Waals surface area contributed by atoms with Gasteiger partial charge in [0.1, 0.15) is 10.7 Å². The van der Waals surface area contributed by atoms with Crippen molar-refractivity contribution in [1.82, 2.24) is 9.38 Å². The highest BCUT2D eigenvalue weighted by atomic mass is 35.5. The molecule has 3 aromatic rings. The Morgan fingerprint density at radius 2 is 1.96 bits per heavy atom. The number of carbonyl (C=O) groups is 1. The minimum atomic E-state index is -0.628. The van der Waals surface area contributed by atoms with Crippen LogP contribution in [-0.2, 0) is 0 Å². The summed E-state index contributed by atoms with van der Waals surface area (Å²) in [4.78, 5) is 27.2. The van der Waals surface area contributed by atoms with Crippen molar-refractivity contribution in [3.8, 4) is 0 Å². The number of hydrogen-bond acceptors (Lipinski definition) is 4. The molecule has 0 aliphatic rings. The Labute approximate surface area is 156 Å². The summed E-state index contributed by atoms with van der Waals surface area (Å²) in [7, 11) is 0. The lowest BCUT2D eigenvalue weighted by Crippen LogP contribution is -2.15. The van der Waals surface area contributed by atoms with Gasteiger partial charge < -0.3 is 5.32 Å². The summed E-state index contributed by atoms with van der Waals surface area (Å²) >= 11 is 17.9. The molecule has 0 atom stereocenters. The number of aromatic nitrogens is 2. The van der Waals surface area contributed by atoms with Crippen LogP contribution >= 0.6 is 34.8 Å². The maximum absolute atomic E-state index is 12.6. The number of imidazole rings is 1. The molecule has 128 valence electrons. The third-order valence-corrected chi connectivity index (χ3v) is 4.24. The predicted octanol–water partition coefficient (Wildman–Crippen LogP) is 4.76. The average Bonchev–Trinajstić information content (AvgIpc) is 2.85. The number of hydrogen-bond donors (Lipinski definition) is 1. The maximum Gasteiger partial charge on any atom is 0.289 e. The van der Waals surface area contributed by atoms with Gasteiger partial charge in [-0.1, -0.05) is 34.8 Å². The topological polar surface area (TPSA) is 89.5 Å². The Morgan fingerprint density at radius 1 is 1.24 bits per heavy atom. The van der Waals surface area contributed by atoms with Gasteiger partial charge in [-0.2, -0.15) is 0 Å². The van der Waals surface area contributed by atoms with Crippen molar-refractivity contribution in [3.63, 3.8) is 0 Å². The van der Waals surface area contributed by atoms with Crippen LogP contribution in [0.5, 0.6) is 0 Å². The van der Waals surface area contributed by atoms with Crippen LogP contribution in [0.15, 0.2) is 30.5 Å². The Balaban J connectivity index is 2.03. The van der Waals surface area contributed by atoms with Gasteiger partial charge in [-0.3, -0.25) is 19.3 Å². The van der Waals surface area contributed by atoms with Gasteiger partial charge in [-0.25, -0.2) is 4.98 Å². The highest BCUT2D eigenvalue weighted by Gasteiger charge is 2.20. The first-order valence-corrected chi connectivity index (χ1v) is 8.00. The lowest BCUT2D eigenvalue weighted by atomic mass is 10.2. The molecule has 0 unspecified atom stereocenters. The van der Waals surface area contributed by atoms with Crippen LogP contribution in [0, 0.1) is 17.0 Å². The van der Waals surface area contributed by atoms with E-state index in [-0.39, 0.29) is 22.1 Å². The lowest BCUT2D eigenvalue weighted by Gasteiger charge is -2.07. The van der Waals surface area contributed by atoms with Crippen LogP contribution in [0.3, 0.4) is 0 Å². The molecule has 0 spiro atoms. The molecule has 2 aromatic heterocycles. The maximum atomic E-state index is 12.6. The summed E-state index contributed by atoms with van der Waals surface area (Å²) < 4.78 is 1.47. The highest BCUT2D eigenvalue weighted by molar-refractivity contribution is 6.36. The first-order valence-electron chi connectivity index (χ1n) is 6.87. The molecule has 0 radical (unpaired) electrons. The fourth-order valence-electron chi connectivity index (χ4n) is 2.38. The molecule has 0 saturated carbocycles. The van der Waals surface area contributed by atoms with Crippen LogP contribution in [0.1, 0.15) is 16.2 Å². The van der Waals surface area contributed by atoms with Crippen molar-refractivity contribution in [2.75, 3.05) is 5.32 Å². The minimum Gasteiger partial charge on any atom is -0.320 e. The van der Waals surface area contributed by atoms with E-state index in [0.29, 0.717) is 21.4 Å². The lowest BCUT2D eigenvalue weighted by molar-refractivity contribution is -0.384. The summed E-state index contributed by atoms with van der Waals surface area (Å²) in [6.07, 6.45) is 1.52. The first-order chi connectivity index (χ1) is 11.8. The zero-order valence-corrected chi connectivity index (χ0v) is 14.9. The fourth-order valence-corrected chi connectivity index (χ4v) is 3.08. The predicted molar refractivity (Wildman–Crippen MR) is 96.0 cm³/mol. The average molecular weight is 400 g/mol. The smallest absolute Gasteiger partial charge is 0.289 e. The first kappa shape index (κ1) is 17.5. The number of halogens is 3.